The first-order valence-corrected chi connectivity index (χ1v) is 10.6. The molecule has 1 aromatic rings. The molecule has 0 bridgehead atoms. The van der Waals surface area contributed by atoms with E-state index in [1.54, 1.807) is 0 Å². The van der Waals surface area contributed by atoms with Gasteiger partial charge in [-0.25, -0.2) is 4.79 Å². The van der Waals surface area contributed by atoms with Crippen LogP contribution in [0.3, 0.4) is 0 Å². The fraction of sp³-hybridized carbons (Fsp3) is 0.591. The van der Waals surface area contributed by atoms with Crippen LogP contribution in [0.15, 0.2) is 18.2 Å². The highest BCUT2D eigenvalue weighted by Gasteiger charge is 2.55. The number of hydrogen-bond donors (Lipinski definition) is 2. The fourth-order valence-electron chi connectivity index (χ4n) is 4.80. The van der Waals surface area contributed by atoms with E-state index in [0.717, 1.165) is 60.5 Å². The van der Waals surface area contributed by atoms with Gasteiger partial charge in [-0.15, -0.1) is 0 Å². The first-order valence-electron chi connectivity index (χ1n) is 10.6. The number of ether oxygens (including phenoxy) is 1. The van der Waals surface area contributed by atoms with Crippen LogP contribution in [-0.4, -0.2) is 41.4 Å². The fourth-order valence-corrected chi connectivity index (χ4v) is 4.80. The molecule has 156 valence electrons. The Balaban J connectivity index is 1.40. The lowest BCUT2D eigenvalue weighted by atomic mass is 9.73. The van der Waals surface area contributed by atoms with E-state index in [0.29, 0.717) is 6.42 Å². The smallest absolute Gasteiger partial charge is 0.325 e. The highest BCUT2D eigenvalue weighted by Crippen LogP contribution is 2.38. The predicted octanol–water partition coefficient (Wildman–Crippen LogP) is 2.69. The van der Waals surface area contributed by atoms with Crippen LogP contribution in [0.25, 0.3) is 0 Å². The third kappa shape index (κ3) is 3.58. The van der Waals surface area contributed by atoms with Gasteiger partial charge in [0.2, 0.25) is 5.91 Å². The summed E-state index contributed by atoms with van der Waals surface area (Å²) in [5.41, 5.74) is 1.30. The van der Waals surface area contributed by atoms with Crippen LogP contribution < -0.4 is 15.4 Å². The summed E-state index contributed by atoms with van der Waals surface area (Å²) in [5, 5.41) is 5.81. The van der Waals surface area contributed by atoms with Crippen LogP contribution >= 0.6 is 0 Å². The molecule has 7 nitrogen and oxygen atoms in total. The minimum absolute atomic E-state index is 0.0809. The second-order valence-corrected chi connectivity index (χ2v) is 8.55. The summed E-state index contributed by atoms with van der Waals surface area (Å²) in [6.07, 6.45) is 5.48. The van der Waals surface area contributed by atoms with Gasteiger partial charge < -0.3 is 15.4 Å². The Morgan fingerprint density at radius 3 is 2.97 bits per heavy atom. The van der Waals surface area contributed by atoms with Crippen molar-refractivity contribution in [1.29, 1.82) is 0 Å². The summed E-state index contributed by atoms with van der Waals surface area (Å²) in [5.74, 6) is 0.390. The Labute approximate surface area is 171 Å². The molecule has 1 aromatic carbocycles. The first-order chi connectivity index (χ1) is 13.9. The zero-order valence-electron chi connectivity index (χ0n) is 17.1. The zero-order chi connectivity index (χ0) is 20.6. The van der Waals surface area contributed by atoms with E-state index in [1.165, 1.54) is 0 Å². The third-order valence-corrected chi connectivity index (χ3v) is 6.61. The number of imide groups is 1. The molecule has 2 heterocycles. The van der Waals surface area contributed by atoms with Gasteiger partial charge >= 0.3 is 6.03 Å². The maximum Gasteiger partial charge on any atom is 0.325 e. The number of carbonyl (C=O) groups excluding carboxylic acids is 3. The van der Waals surface area contributed by atoms with E-state index in [1.807, 2.05) is 26.0 Å². The Kier molecular flexibility index (Phi) is 5.23. The van der Waals surface area contributed by atoms with Crippen LogP contribution in [0.5, 0.6) is 5.75 Å². The van der Waals surface area contributed by atoms with Crippen molar-refractivity contribution >= 4 is 17.8 Å². The van der Waals surface area contributed by atoms with Gasteiger partial charge in [0.1, 0.15) is 17.8 Å². The molecule has 0 radical (unpaired) electrons. The lowest BCUT2D eigenvalue weighted by molar-refractivity contribution is -0.137. The van der Waals surface area contributed by atoms with Gasteiger partial charge in [-0.1, -0.05) is 31.9 Å². The topological polar surface area (TPSA) is 87.7 Å². The minimum atomic E-state index is -0.834. The normalized spacial score (nSPS) is 27.2. The van der Waals surface area contributed by atoms with Gasteiger partial charge in [-0.05, 0) is 55.7 Å². The Morgan fingerprint density at radius 1 is 1.34 bits per heavy atom. The van der Waals surface area contributed by atoms with Crippen molar-refractivity contribution < 1.29 is 19.1 Å². The minimum Gasteiger partial charge on any atom is -0.493 e. The van der Waals surface area contributed by atoms with Crippen LogP contribution in [0.1, 0.15) is 63.1 Å². The molecular weight excluding hydrogens is 370 g/mol. The Morgan fingerprint density at radius 2 is 2.17 bits per heavy atom. The van der Waals surface area contributed by atoms with Crippen LogP contribution in [0.2, 0.25) is 0 Å². The highest BCUT2D eigenvalue weighted by molar-refractivity contribution is 6.09. The number of aryl methyl sites for hydroxylation is 1. The molecule has 3 aliphatic rings. The van der Waals surface area contributed by atoms with Gasteiger partial charge in [-0.2, -0.15) is 0 Å². The van der Waals surface area contributed by atoms with Crippen molar-refractivity contribution in [3.63, 3.8) is 0 Å². The summed E-state index contributed by atoms with van der Waals surface area (Å²) >= 11 is 0. The van der Waals surface area contributed by atoms with Crippen molar-refractivity contribution in [1.82, 2.24) is 15.5 Å². The van der Waals surface area contributed by atoms with E-state index in [4.69, 9.17) is 4.74 Å². The van der Waals surface area contributed by atoms with Gasteiger partial charge in [-0.3, -0.25) is 14.5 Å². The van der Waals surface area contributed by atoms with E-state index in [2.05, 4.69) is 16.7 Å². The van der Waals surface area contributed by atoms with Crippen molar-refractivity contribution in [2.75, 3.05) is 13.2 Å². The van der Waals surface area contributed by atoms with Crippen molar-refractivity contribution in [3.8, 4) is 5.75 Å². The second kappa shape index (κ2) is 7.69. The van der Waals surface area contributed by atoms with Gasteiger partial charge in [0, 0.05) is 0 Å². The monoisotopic (exact) mass is 399 g/mol. The molecule has 0 unspecified atom stereocenters. The number of benzene rings is 1. The SMILES string of the molecule is C[C@H](NC(=O)CN1C(=O)N[C@]2(CCCC[C@@H]2C)C1=O)c1ccc2c(c1)CCCO2. The van der Waals surface area contributed by atoms with Gasteiger partial charge in [0.05, 0.1) is 12.6 Å². The highest BCUT2D eigenvalue weighted by atomic mass is 16.5. The van der Waals surface area contributed by atoms with E-state index in [-0.39, 0.29) is 30.3 Å². The molecule has 1 saturated heterocycles. The number of rotatable bonds is 4. The van der Waals surface area contributed by atoms with Crippen molar-refractivity contribution in [2.45, 2.75) is 64.0 Å². The summed E-state index contributed by atoms with van der Waals surface area (Å²) in [6, 6.07) is 5.27. The molecule has 2 fully saturated rings. The molecule has 2 aliphatic heterocycles. The average Bonchev–Trinajstić information content (AvgIpc) is 2.94. The molecule has 2 N–H and O–H groups in total. The zero-order valence-corrected chi connectivity index (χ0v) is 17.1. The van der Waals surface area contributed by atoms with Crippen molar-refractivity contribution in [3.05, 3.63) is 29.3 Å². The summed E-state index contributed by atoms with van der Waals surface area (Å²) in [4.78, 5) is 39.1. The molecular formula is C22H29N3O4. The number of nitrogens with one attached hydrogen (secondary N) is 2. The van der Waals surface area contributed by atoms with Crippen LogP contribution in [0.4, 0.5) is 4.79 Å². The van der Waals surface area contributed by atoms with Crippen molar-refractivity contribution in [2.24, 2.45) is 5.92 Å². The van der Waals surface area contributed by atoms with E-state index in [9.17, 15) is 14.4 Å². The Hall–Kier alpha value is -2.57. The molecule has 0 aromatic heterocycles. The standard InChI is InChI=1S/C22H29N3O4/c1-14-6-3-4-10-22(14)20(27)25(21(28)24-22)13-19(26)23-15(2)16-8-9-18-17(12-16)7-5-11-29-18/h8-9,12,14-15H,3-7,10-11,13H2,1-2H3,(H,23,26)(H,24,28)/t14-,15-,22-/m0/s1. The predicted molar refractivity (Wildman–Crippen MR) is 107 cm³/mol. The molecule has 1 aliphatic carbocycles. The third-order valence-electron chi connectivity index (χ3n) is 6.61. The molecule has 7 heteroatoms. The number of nitrogens with zero attached hydrogens (tertiary/aromatic N) is 1. The first kappa shape index (κ1) is 19.7. The van der Waals surface area contributed by atoms with Gasteiger partial charge in [0.15, 0.2) is 0 Å². The summed E-state index contributed by atoms with van der Waals surface area (Å²) < 4.78 is 5.64. The Bertz CT molecular complexity index is 839. The number of amides is 4. The van der Waals surface area contributed by atoms with Crippen LogP contribution in [-0.2, 0) is 16.0 Å². The van der Waals surface area contributed by atoms with Gasteiger partial charge in [0.25, 0.3) is 5.91 Å². The number of carbonyl (C=O) groups is 3. The van der Waals surface area contributed by atoms with Crippen LogP contribution in [0, 0.1) is 5.92 Å². The summed E-state index contributed by atoms with van der Waals surface area (Å²) in [7, 11) is 0. The maximum atomic E-state index is 13.0. The number of hydrogen-bond acceptors (Lipinski definition) is 4. The largest absolute Gasteiger partial charge is 0.493 e. The quantitative estimate of drug-likeness (QED) is 0.762. The summed E-state index contributed by atoms with van der Waals surface area (Å²) in [6.45, 7) is 4.39. The molecule has 1 saturated carbocycles. The molecule has 29 heavy (non-hydrogen) atoms. The maximum absolute atomic E-state index is 13.0. The molecule has 4 rings (SSSR count). The van der Waals surface area contributed by atoms with E-state index >= 15 is 0 Å². The molecule has 3 atom stereocenters. The molecule has 4 amide bonds. The average molecular weight is 399 g/mol. The number of fused-ring (bicyclic) bond motifs is 1. The lowest BCUT2D eigenvalue weighted by Crippen LogP contribution is -2.54. The van der Waals surface area contributed by atoms with E-state index < -0.39 is 11.6 Å². The molecule has 1 spiro atoms. The lowest BCUT2D eigenvalue weighted by Gasteiger charge is -2.36. The number of urea groups is 1. The second-order valence-electron chi connectivity index (χ2n) is 8.55.